The van der Waals surface area contributed by atoms with E-state index in [0.29, 0.717) is 11.6 Å². The summed E-state index contributed by atoms with van der Waals surface area (Å²) in [6.45, 7) is 0.721. The van der Waals surface area contributed by atoms with Crippen LogP contribution in [-0.2, 0) is 6.42 Å². The highest BCUT2D eigenvalue weighted by Crippen LogP contribution is 2.34. The zero-order valence-electron chi connectivity index (χ0n) is 10.1. The van der Waals surface area contributed by atoms with Gasteiger partial charge in [-0.1, -0.05) is 6.07 Å². The second-order valence-corrected chi connectivity index (χ2v) is 4.29. The number of rotatable bonds is 2. The number of aromatic nitrogens is 2. The highest BCUT2D eigenvalue weighted by atomic mass is 19.1. The minimum absolute atomic E-state index is 0.121. The number of hydrogen-bond donors (Lipinski definition) is 3. The molecule has 7 heteroatoms. The number of halogens is 1. The Kier molecular flexibility index (Phi) is 2.68. The summed E-state index contributed by atoms with van der Waals surface area (Å²) in [5.74, 6) is 6.20. The summed E-state index contributed by atoms with van der Waals surface area (Å²) in [7, 11) is 0. The molecule has 3 rings (SSSR count). The van der Waals surface area contributed by atoms with Gasteiger partial charge < -0.3 is 16.1 Å². The van der Waals surface area contributed by atoms with Gasteiger partial charge in [-0.2, -0.15) is 9.97 Å². The lowest BCUT2D eigenvalue weighted by Crippen LogP contribution is -2.18. The maximum absolute atomic E-state index is 13.4. The van der Waals surface area contributed by atoms with E-state index in [9.17, 15) is 4.39 Å². The predicted octanol–water partition coefficient (Wildman–Crippen LogP) is 1.18. The van der Waals surface area contributed by atoms with Crippen LogP contribution >= 0.6 is 0 Å². The fraction of sp³-hybridized carbons (Fsp3) is 0.167. The molecule has 2 heterocycles. The first-order valence-electron chi connectivity index (χ1n) is 5.84. The van der Waals surface area contributed by atoms with Crippen LogP contribution < -0.4 is 21.9 Å². The highest BCUT2D eigenvalue weighted by molar-refractivity contribution is 5.69. The zero-order valence-corrected chi connectivity index (χ0v) is 10.1. The molecule has 1 aliphatic heterocycles. The van der Waals surface area contributed by atoms with Gasteiger partial charge >= 0.3 is 0 Å². The van der Waals surface area contributed by atoms with Gasteiger partial charge in [-0.05, 0) is 24.1 Å². The third kappa shape index (κ3) is 2.04. The maximum atomic E-state index is 13.4. The Morgan fingerprint density at radius 3 is 2.89 bits per heavy atom. The summed E-state index contributed by atoms with van der Waals surface area (Å²) in [6.07, 6.45) is 0.838. The van der Waals surface area contributed by atoms with Crippen LogP contribution in [0.15, 0.2) is 24.3 Å². The fourth-order valence-electron chi connectivity index (χ4n) is 2.26. The number of nitrogen functional groups attached to an aromatic ring is 2. The fourth-order valence-corrected chi connectivity index (χ4v) is 2.26. The van der Waals surface area contributed by atoms with Gasteiger partial charge in [0.25, 0.3) is 0 Å². The second kappa shape index (κ2) is 4.36. The summed E-state index contributed by atoms with van der Waals surface area (Å²) in [5, 5.41) is 0. The van der Waals surface area contributed by atoms with Crippen LogP contribution in [0.3, 0.4) is 0 Å². The van der Waals surface area contributed by atoms with Gasteiger partial charge in [0.15, 0.2) is 0 Å². The molecule has 19 heavy (non-hydrogen) atoms. The minimum atomic E-state index is -0.273. The van der Waals surface area contributed by atoms with Crippen LogP contribution in [0.5, 0.6) is 0 Å². The van der Waals surface area contributed by atoms with Gasteiger partial charge in [-0.15, -0.1) is 0 Å². The van der Waals surface area contributed by atoms with Crippen LogP contribution in [0.2, 0.25) is 0 Å². The standard InChI is InChI=1S/C12H13FN6/c13-8-2-1-7-3-4-19(9(7)5-8)11-6-10(18-15)16-12(14)17-11/h1-2,5-6H,3-4,15H2,(H3,14,16,17,18). The van der Waals surface area contributed by atoms with E-state index in [1.54, 1.807) is 12.1 Å². The molecule has 0 unspecified atom stereocenters. The molecule has 0 spiro atoms. The molecule has 0 aliphatic carbocycles. The molecule has 0 bridgehead atoms. The third-order valence-electron chi connectivity index (χ3n) is 3.10. The molecule has 0 fully saturated rings. The monoisotopic (exact) mass is 260 g/mol. The van der Waals surface area contributed by atoms with Crippen molar-refractivity contribution in [1.82, 2.24) is 9.97 Å². The lowest BCUT2D eigenvalue weighted by Gasteiger charge is -2.19. The lowest BCUT2D eigenvalue weighted by molar-refractivity contribution is 0.628. The number of nitrogens with two attached hydrogens (primary N) is 2. The number of nitrogens with zero attached hydrogens (tertiary/aromatic N) is 3. The average Bonchev–Trinajstić information content (AvgIpc) is 2.80. The molecule has 1 aromatic carbocycles. The Morgan fingerprint density at radius 1 is 1.26 bits per heavy atom. The Balaban J connectivity index is 2.06. The average molecular weight is 260 g/mol. The van der Waals surface area contributed by atoms with Gasteiger partial charge in [-0.25, -0.2) is 10.2 Å². The molecule has 6 nitrogen and oxygen atoms in total. The van der Waals surface area contributed by atoms with Gasteiger partial charge in [0.05, 0.1) is 0 Å². The first-order valence-corrected chi connectivity index (χ1v) is 5.84. The first kappa shape index (κ1) is 11.7. The van der Waals surface area contributed by atoms with Crippen molar-refractivity contribution < 1.29 is 4.39 Å². The second-order valence-electron chi connectivity index (χ2n) is 4.29. The molecule has 0 saturated heterocycles. The van der Waals surface area contributed by atoms with Crippen molar-refractivity contribution in [3.8, 4) is 0 Å². The van der Waals surface area contributed by atoms with E-state index in [-0.39, 0.29) is 11.8 Å². The number of fused-ring (bicyclic) bond motifs is 1. The number of anilines is 4. The maximum Gasteiger partial charge on any atom is 0.224 e. The molecule has 0 atom stereocenters. The van der Waals surface area contributed by atoms with Crippen molar-refractivity contribution in [3.05, 3.63) is 35.6 Å². The molecule has 5 N–H and O–H groups in total. The number of hydrazine groups is 1. The Labute approximate surface area is 109 Å². The van der Waals surface area contributed by atoms with Gasteiger partial charge in [-0.3, -0.25) is 0 Å². The highest BCUT2D eigenvalue weighted by Gasteiger charge is 2.22. The zero-order chi connectivity index (χ0) is 13.4. The first-order chi connectivity index (χ1) is 9.17. The molecule has 1 aliphatic rings. The SMILES string of the molecule is NNc1cc(N2CCc3ccc(F)cc32)nc(N)n1. The Morgan fingerprint density at radius 2 is 2.11 bits per heavy atom. The topological polar surface area (TPSA) is 93.1 Å². The molecule has 0 amide bonds. The van der Waals surface area contributed by atoms with Crippen LogP contribution in [0.25, 0.3) is 0 Å². The molecule has 2 aromatic rings. The van der Waals surface area contributed by atoms with E-state index in [2.05, 4.69) is 15.4 Å². The number of nitrogens with one attached hydrogen (secondary N) is 1. The van der Waals surface area contributed by atoms with Crippen molar-refractivity contribution in [2.45, 2.75) is 6.42 Å². The van der Waals surface area contributed by atoms with Crippen molar-refractivity contribution in [2.24, 2.45) is 5.84 Å². The summed E-state index contributed by atoms with van der Waals surface area (Å²) >= 11 is 0. The normalized spacial score (nSPS) is 13.5. The molecular weight excluding hydrogens is 247 g/mol. The lowest BCUT2D eigenvalue weighted by atomic mass is 10.2. The minimum Gasteiger partial charge on any atom is -0.368 e. The Bertz CT molecular complexity index is 630. The van der Waals surface area contributed by atoms with E-state index in [1.807, 2.05) is 4.90 Å². The van der Waals surface area contributed by atoms with Crippen molar-refractivity contribution in [2.75, 3.05) is 22.6 Å². The molecular formula is C12H13FN6. The van der Waals surface area contributed by atoms with Gasteiger partial charge in [0.1, 0.15) is 17.5 Å². The summed E-state index contributed by atoms with van der Waals surface area (Å²) in [5.41, 5.74) is 9.96. The summed E-state index contributed by atoms with van der Waals surface area (Å²) in [6, 6.07) is 6.42. The van der Waals surface area contributed by atoms with Crippen molar-refractivity contribution >= 4 is 23.3 Å². The Hall–Kier alpha value is -2.41. The quantitative estimate of drug-likeness (QED) is 0.554. The predicted molar refractivity (Wildman–Crippen MR) is 71.4 cm³/mol. The van der Waals surface area contributed by atoms with Crippen LogP contribution in [0, 0.1) is 5.82 Å². The smallest absolute Gasteiger partial charge is 0.224 e. The molecule has 0 radical (unpaired) electrons. The largest absolute Gasteiger partial charge is 0.368 e. The van der Waals surface area contributed by atoms with E-state index < -0.39 is 0 Å². The van der Waals surface area contributed by atoms with Crippen molar-refractivity contribution in [3.63, 3.8) is 0 Å². The van der Waals surface area contributed by atoms with Gasteiger partial charge in [0.2, 0.25) is 5.95 Å². The summed E-state index contributed by atoms with van der Waals surface area (Å²) in [4.78, 5) is 9.99. The van der Waals surface area contributed by atoms with E-state index in [4.69, 9.17) is 11.6 Å². The number of hydrogen-bond acceptors (Lipinski definition) is 6. The third-order valence-corrected chi connectivity index (χ3v) is 3.10. The van der Waals surface area contributed by atoms with Crippen molar-refractivity contribution in [1.29, 1.82) is 0 Å². The summed E-state index contributed by atoms with van der Waals surface area (Å²) < 4.78 is 13.4. The van der Waals surface area contributed by atoms with E-state index in [0.717, 1.165) is 24.2 Å². The number of benzene rings is 1. The molecule has 0 saturated carbocycles. The molecule has 98 valence electrons. The van der Waals surface area contributed by atoms with Crippen LogP contribution in [0.4, 0.5) is 27.7 Å². The van der Waals surface area contributed by atoms with Gasteiger partial charge in [0, 0.05) is 18.3 Å². The van der Waals surface area contributed by atoms with E-state index >= 15 is 0 Å². The van der Waals surface area contributed by atoms with Crippen LogP contribution in [-0.4, -0.2) is 16.5 Å². The van der Waals surface area contributed by atoms with E-state index in [1.165, 1.54) is 12.1 Å². The van der Waals surface area contributed by atoms with Crippen LogP contribution in [0.1, 0.15) is 5.56 Å². The molecule has 1 aromatic heterocycles.